The molecule has 0 spiro atoms. The van der Waals surface area contributed by atoms with Crippen molar-refractivity contribution in [2.75, 3.05) is 0 Å². The molecule has 22 heavy (non-hydrogen) atoms. The lowest BCUT2D eigenvalue weighted by molar-refractivity contribution is -0.117. The van der Waals surface area contributed by atoms with Crippen LogP contribution in [0.2, 0.25) is 0 Å². The van der Waals surface area contributed by atoms with Gasteiger partial charge in [0.15, 0.2) is 11.6 Å². The Morgan fingerprint density at radius 2 is 2.05 bits per heavy atom. The third-order valence-electron chi connectivity index (χ3n) is 3.53. The Morgan fingerprint density at radius 3 is 2.55 bits per heavy atom. The lowest BCUT2D eigenvalue weighted by Gasteiger charge is -2.05. The van der Waals surface area contributed by atoms with Crippen molar-refractivity contribution in [2.45, 2.75) is 34.6 Å². The van der Waals surface area contributed by atoms with E-state index in [9.17, 15) is 10.1 Å². The molecule has 0 saturated carbocycles. The molecule has 114 valence electrons. The zero-order valence-corrected chi connectivity index (χ0v) is 13.5. The monoisotopic (exact) mass is 297 g/mol. The van der Waals surface area contributed by atoms with E-state index in [-0.39, 0.29) is 17.3 Å². The van der Waals surface area contributed by atoms with Gasteiger partial charge in [-0.1, -0.05) is 19.0 Å². The normalized spacial score (nSPS) is 11.8. The quantitative estimate of drug-likeness (QED) is 0.639. The van der Waals surface area contributed by atoms with E-state index >= 15 is 0 Å². The Labute approximate surface area is 129 Å². The van der Waals surface area contributed by atoms with Gasteiger partial charge in [0.25, 0.3) is 0 Å². The molecule has 0 aliphatic carbocycles. The summed E-state index contributed by atoms with van der Waals surface area (Å²) in [6, 6.07) is 5.78. The Balaban J connectivity index is 2.51. The molecule has 0 aliphatic heterocycles. The third kappa shape index (κ3) is 2.86. The van der Waals surface area contributed by atoms with Gasteiger partial charge in [-0.15, -0.1) is 0 Å². The van der Waals surface area contributed by atoms with Gasteiger partial charge in [-0.25, -0.2) is 0 Å². The van der Waals surface area contributed by atoms with Crippen LogP contribution in [0.25, 0.3) is 11.9 Å². The van der Waals surface area contributed by atoms with Crippen molar-refractivity contribution in [3.8, 4) is 11.9 Å². The summed E-state index contributed by atoms with van der Waals surface area (Å²) in [6.07, 6.45) is 1.65. The first kappa shape index (κ1) is 15.8. The first-order valence-electron chi connectivity index (χ1n) is 7.13. The first-order valence-corrected chi connectivity index (χ1v) is 7.13. The Morgan fingerprint density at radius 1 is 1.36 bits per heavy atom. The summed E-state index contributed by atoms with van der Waals surface area (Å²) in [5, 5.41) is 13.2. The summed E-state index contributed by atoms with van der Waals surface area (Å²) in [6.45, 7) is 9.28. The highest BCUT2D eigenvalue weighted by Gasteiger charge is 2.16. The molecule has 2 aromatic rings. The summed E-state index contributed by atoms with van der Waals surface area (Å²) in [5.74, 6) is 1.07. The second-order valence-corrected chi connectivity index (χ2v) is 5.65. The van der Waals surface area contributed by atoms with Crippen LogP contribution in [0.3, 0.4) is 0 Å². The van der Waals surface area contributed by atoms with Crippen LogP contribution in [0.5, 0.6) is 0 Å². The highest BCUT2D eigenvalue weighted by molar-refractivity contribution is 6.04. The van der Waals surface area contributed by atoms with Crippen LogP contribution in [-0.4, -0.2) is 15.5 Å². The average Bonchev–Trinajstić information content (AvgIpc) is 2.99. The number of aryl methyl sites for hydroxylation is 2. The largest absolute Gasteiger partial charge is 0.360 e. The molecule has 0 radical (unpaired) electrons. The Hall–Kier alpha value is -2.61. The third-order valence-corrected chi connectivity index (χ3v) is 3.53. The van der Waals surface area contributed by atoms with Gasteiger partial charge in [-0.2, -0.15) is 5.26 Å². The molecule has 5 nitrogen and oxygen atoms in total. The van der Waals surface area contributed by atoms with E-state index in [2.05, 4.69) is 5.16 Å². The maximum Gasteiger partial charge on any atom is 0.180 e. The van der Waals surface area contributed by atoms with Crippen LogP contribution in [-0.2, 0) is 4.79 Å². The van der Waals surface area contributed by atoms with E-state index in [1.165, 1.54) is 0 Å². The number of nitriles is 1. The van der Waals surface area contributed by atoms with Crippen molar-refractivity contribution < 1.29 is 9.32 Å². The molecule has 2 rings (SSSR count). The van der Waals surface area contributed by atoms with Gasteiger partial charge >= 0.3 is 0 Å². The van der Waals surface area contributed by atoms with Gasteiger partial charge in [0.1, 0.15) is 11.8 Å². The van der Waals surface area contributed by atoms with Crippen LogP contribution in [0.1, 0.15) is 36.6 Å². The van der Waals surface area contributed by atoms with E-state index in [4.69, 9.17) is 4.52 Å². The fourth-order valence-corrected chi connectivity index (χ4v) is 2.37. The van der Waals surface area contributed by atoms with Gasteiger partial charge in [0.05, 0.1) is 5.57 Å². The number of Topliss-reactive ketones (excluding diaryl/α,β-unsaturated/α-hetero) is 1. The number of nitrogens with zero attached hydrogens (tertiary/aromatic N) is 3. The van der Waals surface area contributed by atoms with Crippen molar-refractivity contribution in [1.29, 1.82) is 5.26 Å². The van der Waals surface area contributed by atoms with E-state index < -0.39 is 0 Å². The Bertz CT molecular complexity index is 785. The summed E-state index contributed by atoms with van der Waals surface area (Å²) in [4.78, 5) is 12.0. The lowest BCUT2D eigenvalue weighted by atomic mass is 10.00. The minimum Gasteiger partial charge on any atom is -0.360 e. The van der Waals surface area contributed by atoms with Crippen LogP contribution in [0.15, 0.2) is 22.2 Å². The number of rotatable bonds is 4. The number of hydrogen-bond acceptors (Lipinski definition) is 4. The molecule has 0 aromatic carbocycles. The first-order chi connectivity index (χ1) is 10.3. The lowest BCUT2D eigenvalue weighted by Crippen LogP contribution is -2.09. The fraction of sp³-hybridized carbons (Fsp3) is 0.353. The minimum atomic E-state index is -0.201. The van der Waals surface area contributed by atoms with E-state index in [1.54, 1.807) is 19.9 Å². The van der Waals surface area contributed by atoms with E-state index in [0.29, 0.717) is 5.82 Å². The van der Waals surface area contributed by atoms with E-state index in [0.717, 1.165) is 22.7 Å². The highest BCUT2D eigenvalue weighted by atomic mass is 16.5. The molecule has 0 bridgehead atoms. The second kappa shape index (κ2) is 6.02. The molecule has 5 heteroatoms. The number of carbonyl (C=O) groups is 1. The number of carbonyl (C=O) groups excluding carboxylic acids is 1. The smallest absolute Gasteiger partial charge is 0.180 e. The number of ketones is 1. The van der Waals surface area contributed by atoms with Crippen molar-refractivity contribution in [3.63, 3.8) is 0 Å². The van der Waals surface area contributed by atoms with Crippen LogP contribution < -0.4 is 0 Å². The molecule has 0 N–H and O–H groups in total. The molecular formula is C17H19N3O2. The number of aromatic nitrogens is 2. The predicted molar refractivity (Wildman–Crippen MR) is 83.5 cm³/mol. The van der Waals surface area contributed by atoms with Crippen molar-refractivity contribution in [3.05, 3.63) is 40.4 Å². The van der Waals surface area contributed by atoms with Crippen LogP contribution >= 0.6 is 0 Å². The molecular weight excluding hydrogens is 278 g/mol. The van der Waals surface area contributed by atoms with Gasteiger partial charge in [-0.3, -0.25) is 9.36 Å². The summed E-state index contributed by atoms with van der Waals surface area (Å²) < 4.78 is 7.06. The van der Waals surface area contributed by atoms with Crippen molar-refractivity contribution in [2.24, 2.45) is 5.92 Å². The molecule has 0 amide bonds. The number of allylic oxidation sites excluding steroid dienone is 1. The molecule has 2 aromatic heterocycles. The summed E-state index contributed by atoms with van der Waals surface area (Å²) in [7, 11) is 0. The fourth-order valence-electron chi connectivity index (χ4n) is 2.37. The van der Waals surface area contributed by atoms with Crippen molar-refractivity contribution >= 4 is 11.9 Å². The number of hydrogen-bond donors (Lipinski definition) is 0. The average molecular weight is 297 g/mol. The van der Waals surface area contributed by atoms with Gasteiger partial charge in [-0.05, 0) is 38.5 Å². The SMILES string of the molecule is Cc1cc(-n2c(C)cc(/C=C(/C#N)C(=O)C(C)C)c2C)no1. The summed E-state index contributed by atoms with van der Waals surface area (Å²) >= 11 is 0. The van der Waals surface area contributed by atoms with Gasteiger partial charge < -0.3 is 4.52 Å². The zero-order valence-electron chi connectivity index (χ0n) is 13.5. The van der Waals surface area contributed by atoms with Gasteiger partial charge in [0, 0.05) is 23.4 Å². The standard InChI is InChI=1S/C17H19N3O2/c1-10(2)17(21)15(9-18)8-14-6-11(3)20(13(14)5)16-7-12(4)22-19-16/h6-8,10H,1-5H3/b15-8-. The molecule has 0 atom stereocenters. The zero-order chi connectivity index (χ0) is 16.4. The summed E-state index contributed by atoms with van der Waals surface area (Å²) in [5.41, 5.74) is 2.89. The molecule has 0 fully saturated rings. The highest BCUT2D eigenvalue weighted by Crippen LogP contribution is 2.23. The predicted octanol–water partition coefficient (Wildman–Crippen LogP) is 3.52. The Kier molecular flexibility index (Phi) is 4.32. The van der Waals surface area contributed by atoms with Crippen LogP contribution in [0.4, 0.5) is 0 Å². The van der Waals surface area contributed by atoms with Crippen molar-refractivity contribution in [1.82, 2.24) is 9.72 Å². The molecule has 0 aliphatic rings. The molecule has 0 saturated heterocycles. The molecule has 2 heterocycles. The second-order valence-electron chi connectivity index (χ2n) is 5.65. The maximum absolute atomic E-state index is 12.0. The molecule has 0 unspecified atom stereocenters. The van der Waals surface area contributed by atoms with Gasteiger partial charge in [0.2, 0.25) is 0 Å². The van der Waals surface area contributed by atoms with Crippen LogP contribution in [0, 0.1) is 38.0 Å². The topological polar surface area (TPSA) is 71.8 Å². The van der Waals surface area contributed by atoms with E-state index in [1.807, 2.05) is 43.5 Å². The minimum absolute atomic E-state index is 0.149. The maximum atomic E-state index is 12.0.